The van der Waals surface area contributed by atoms with Crippen LogP contribution in [0.1, 0.15) is 25.0 Å². The maximum atomic E-state index is 5.00. The first-order chi connectivity index (χ1) is 18.1. The lowest BCUT2D eigenvalue weighted by Gasteiger charge is -2.23. The van der Waals surface area contributed by atoms with Crippen LogP contribution in [0.5, 0.6) is 0 Å². The van der Waals surface area contributed by atoms with Gasteiger partial charge < -0.3 is 0 Å². The van der Waals surface area contributed by atoms with E-state index in [0.717, 1.165) is 22.1 Å². The van der Waals surface area contributed by atoms with Gasteiger partial charge in [-0.25, -0.2) is 15.0 Å². The first-order valence-corrected chi connectivity index (χ1v) is 12.6. The van der Waals surface area contributed by atoms with E-state index in [1.54, 1.807) is 0 Å². The van der Waals surface area contributed by atoms with Crippen molar-refractivity contribution in [2.75, 3.05) is 0 Å². The number of fused-ring (bicyclic) bond motifs is 5. The first kappa shape index (κ1) is 21.6. The number of hydrogen-bond acceptors (Lipinski definition) is 3. The van der Waals surface area contributed by atoms with Crippen molar-refractivity contribution in [3.63, 3.8) is 0 Å². The molecule has 176 valence electrons. The Kier molecular flexibility index (Phi) is 4.80. The van der Waals surface area contributed by atoms with Gasteiger partial charge in [-0.05, 0) is 33.0 Å². The number of rotatable bonds is 3. The molecule has 0 atom stereocenters. The first-order valence-electron chi connectivity index (χ1n) is 12.6. The molecule has 1 heterocycles. The van der Waals surface area contributed by atoms with Gasteiger partial charge in [-0.15, -0.1) is 0 Å². The van der Waals surface area contributed by atoms with Crippen LogP contribution in [0.25, 0.3) is 56.1 Å². The zero-order valence-electron chi connectivity index (χ0n) is 20.8. The fourth-order valence-electron chi connectivity index (χ4n) is 5.78. The van der Waals surface area contributed by atoms with Crippen molar-refractivity contribution in [3.05, 3.63) is 126 Å². The van der Waals surface area contributed by atoms with E-state index in [9.17, 15) is 0 Å². The molecule has 0 fully saturated rings. The molecule has 1 aliphatic rings. The Balaban J connectivity index is 1.49. The number of nitrogens with zero attached hydrogens (tertiary/aromatic N) is 3. The summed E-state index contributed by atoms with van der Waals surface area (Å²) in [5.74, 6) is 2.04. The summed E-state index contributed by atoms with van der Waals surface area (Å²) in [5, 5.41) is 2.41. The van der Waals surface area contributed by atoms with Crippen LogP contribution in [-0.4, -0.2) is 15.0 Å². The van der Waals surface area contributed by atoms with Crippen molar-refractivity contribution in [3.8, 4) is 45.3 Å². The van der Waals surface area contributed by atoms with Gasteiger partial charge in [0.15, 0.2) is 17.5 Å². The third kappa shape index (κ3) is 3.39. The van der Waals surface area contributed by atoms with E-state index >= 15 is 0 Å². The van der Waals surface area contributed by atoms with E-state index in [4.69, 9.17) is 15.0 Å². The highest BCUT2D eigenvalue weighted by atomic mass is 15.0. The maximum absolute atomic E-state index is 5.00. The number of aromatic nitrogens is 3. The summed E-state index contributed by atoms with van der Waals surface area (Å²) < 4.78 is 0. The third-order valence-electron chi connectivity index (χ3n) is 7.52. The quantitative estimate of drug-likeness (QED) is 0.258. The molecule has 37 heavy (non-hydrogen) atoms. The van der Waals surface area contributed by atoms with E-state index < -0.39 is 0 Å². The fraction of sp³-hybridized carbons (Fsp3) is 0.0882. The Morgan fingerprint density at radius 2 is 1.00 bits per heavy atom. The molecular weight excluding hydrogens is 450 g/mol. The molecule has 0 radical (unpaired) electrons. The second-order valence-electron chi connectivity index (χ2n) is 10.1. The predicted octanol–water partition coefficient (Wildman–Crippen LogP) is 8.33. The van der Waals surface area contributed by atoms with E-state index in [-0.39, 0.29) is 5.41 Å². The summed E-state index contributed by atoms with van der Waals surface area (Å²) in [6, 6.07) is 40.0. The summed E-state index contributed by atoms with van der Waals surface area (Å²) in [6.07, 6.45) is 0. The Morgan fingerprint density at radius 1 is 0.432 bits per heavy atom. The van der Waals surface area contributed by atoms with Crippen LogP contribution in [0.2, 0.25) is 0 Å². The van der Waals surface area contributed by atoms with Gasteiger partial charge >= 0.3 is 0 Å². The molecule has 0 N–H and O–H groups in total. The standard InChI is InChI=1S/C34H25N3/c1-34(2)29-19-10-9-16-25(29)27-21-20-24-26(30(27)34)17-11-18-28(24)33-36-31(22-12-5-3-6-13-22)35-32(37-33)23-14-7-4-8-15-23/h3-21H,1-2H3. The van der Waals surface area contributed by atoms with Crippen LogP contribution in [0.15, 0.2) is 115 Å². The molecule has 0 unspecified atom stereocenters. The summed E-state index contributed by atoms with van der Waals surface area (Å²) in [7, 11) is 0. The summed E-state index contributed by atoms with van der Waals surface area (Å²) in [4.78, 5) is 14.9. The van der Waals surface area contributed by atoms with E-state index in [0.29, 0.717) is 17.5 Å². The molecule has 3 nitrogen and oxygen atoms in total. The largest absolute Gasteiger partial charge is 0.208 e. The normalized spacial score (nSPS) is 13.4. The molecule has 0 aliphatic heterocycles. The van der Waals surface area contributed by atoms with Gasteiger partial charge in [0.25, 0.3) is 0 Å². The van der Waals surface area contributed by atoms with Crippen LogP contribution in [-0.2, 0) is 5.41 Å². The van der Waals surface area contributed by atoms with Gasteiger partial charge in [-0.2, -0.15) is 0 Å². The molecular formula is C34H25N3. The van der Waals surface area contributed by atoms with Crippen molar-refractivity contribution in [1.82, 2.24) is 15.0 Å². The van der Waals surface area contributed by atoms with Crippen LogP contribution in [0, 0.1) is 0 Å². The summed E-state index contributed by atoms with van der Waals surface area (Å²) in [5.41, 5.74) is 8.26. The minimum atomic E-state index is -0.0897. The molecule has 5 aromatic carbocycles. The summed E-state index contributed by atoms with van der Waals surface area (Å²) >= 11 is 0. The Labute approximate surface area is 216 Å². The van der Waals surface area contributed by atoms with Gasteiger partial charge in [0.1, 0.15) is 0 Å². The highest BCUT2D eigenvalue weighted by Gasteiger charge is 2.36. The molecule has 0 saturated heterocycles. The molecule has 1 aromatic heterocycles. The number of benzene rings is 5. The Bertz CT molecular complexity index is 1730. The Morgan fingerprint density at radius 3 is 1.68 bits per heavy atom. The SMILES string of the molecule is CC1(C)c2ccccc2-c2ccc3c(-c4nc(-c5ccccc5)nc(-c5ccccc5)n4)cccc3c21. The smallest absolute Gasteiger partial charge is 0.164 e. The predicted molar refractivity (Wildman–Crippen MR) is 151 cm³/mol. The average molecular weight is 476 g/mol. The molecule has 0 saturated carbocycles. The minimum Gasteiger partial charge on any atom is -0.208 e. The molecule has 0 spiro atoms. The van der Waals surface area contributed by atoms with Crippen LogP contribution < -0.4 is 0 Å². The zero-order chi connectivity index (χ0) is 25.0. The van der Waals surface area contributed by atoms with E-state index in [2.05, 4.69) is 68.4 Å². The molecule has 0 bridgehead atoms. The van der Waals surface area contributed by atoms with Crippen LogP contribution in [0.3, 0.4) is 0 Å². The lowest BCUT2D eigenvalue weighted by atomic mass is 9.80. The van der Waals surface area contributed by atoms with Gasteiger partial charge in [0.05, 0.1) is 0 Å². The molecule has 1 aliphatic carbocycles. The molecule has 6 aromatic rings. The van der Waals surface area contributed by atoms with Crippen molar-refractivity contribution < 1.29 is 0 Å². The highest BCUT2D eigenvalue weighted by Crippen LogP contribution is 2.51. The van der Waals surface area contributed by atoms with Gasteiger partial charge in [-0.1, -0.05) is 129 Å². The lowest BCUT2D eigenvalue weighted by Crippen LogP contribution is -2.15. The maximum Gasteiger partial charge on any atom is 0.164 e. The Hall–Kier alpha value is -4.63. The second-order valence-corrected chi connectivity index (χ2v) is 10.1. The highest BCUT2D eigenvalue weighted by molar-refractivity contribution is 6.03. The monoisotopic (exact) mass is 475 g/mol. The number of hydrogen-bond donors (Lipinski definition) is 0. The minimum absolute atomic E-state index is 0.0897. The van der Waals surface area contributed by atoms with Gasteiger partial charge in [0.2, 0.25) is 0 Å². The van der Waals surface area contributed by atoms with Crippen molar-refractivity contribution >= 4 is 10.8 Å². The van der Waals surface area contributed by atoms with E-state index in [1.807, 2.05) is 60.7 Å². The third-order valence-corrected chi connectivity index (χ3v) is 7.52. The zero-order valence-corrected chi connectivity index (χ0v) is 20.8. The lowest BCUT2D eigenvalue weighted by molar-refractivity contribution is 0.666. The molecule has 0 amide bonds. The second kappa shape index (κ2) is 8.21. The molecule has 7 rings (SSSR count). The van der Waals surface area contributed by atoms with Crippen molar-refractivity contribution in [2.24, 2.45) is 0 Å². The summed E-state index contributed by atoms with van der Waals surface area (Å²) in [6.45, 7) is 4.65. The average Bonchev–Trinajstić information content (AvgIpc) is 3.20. The van der Waals surface area contributed by atoms with Crippen LogP contribution >= 0.6 is 0 Å². The van der Waals surface area contributed by atoms with Crippen LogP contribution in [0.4, 0.5) is 0 Å². The van der Waals surface area contributed by atoms with Gasteiger partial charge in [0, 0.05) is 22.1 Å². The van der Waals surface area contributed by atoms with E-state index in [1.165, 1.54) is 27.6 Å². The van der Waals surface area contributed by atoms with Crippen molar-refractivity contribution in [2.45, 2.75) is 19.3 Å². The topological polar surface area (TPSA) is 38.7 Å². The molecule has 3 heteroatoms. The van der Waals surface area contributed by atoms with Crippen molar-refractivity contribution in [1.29, 1.82) is 0 Å². The fourth-order valence-corrected chi connectivity index (χ4v) is 5.78. The van der Waals surface area contributed by atoms with Gasteiger partial charge in [-0.3, -0.25) is 0 Å².